The van der Waals surface area contributed by atoms with E-state index in [0.717, 1.165) is 0 Å². The van der Waals surface area contributed by atoms with Crippen LogP contribution in [0, 0.1) is 5.41 Å². The van der Waals surface area contributed by atoms with Crippen molar-refractivity contribution in [3.8, 4) is 0 Å². The lowest BCUT2D eigenvalue weighted by Crippen LogP contribution is -2.32. The Labute approximate surface area is 96.1 Å². The van der Waals surface area contributed by atoms with Crippen LogP contribution >= 0.6 is 0 Å². The van der Waals surface area contributed by atoms with Gasteiger partial charge in [0.25, 0.3) is 0 Å². The van der Waals surface area contributed by atoms with Gasteiger partial charge in [0, 0.05) is 5.41 Å². The van der Waals surface area contributed by atoms with Crippen molar-refractivity contribution in [3.05, 3.63) is 0 Å². The normalized spacial score (nSPS) is 10.9. The van der Waals surface area contributed by atoms with E-state index in [1.165, 1.54) is 0 Å². The van der Waals surface area contributed by atoms with E-state index in [1.807, 2.05) is 6.92 Å². The highest BCUT2D eigenvalue weighted by molar-refractivity contribution is 4.74. The second kappa shape index (κ2) is 12.8. The van der Waals surface area contributed by atoms with Crippen LogP contribution in [0.25, 0.3) is 0 Å². The number of hydrogen-bond donors (Lipinski definition) is 5. The Bertz CT molecular complexity index is 105. The molecule has 0 unspecified atom stereocenters. The summed E-state index contributed by atoms with van der Waals surface area (Å²) < 4.78 is 4.63. The van der Waals surface area contributed by atoms with Gasteiger partial charge in [0.1, 0.15) is 0 Å². The van der Waals surface area contributed by atoms with Crippen molar-refractivity contribution < 1.29 is 30.3 Å². The molecule has 0 aromatic carbocycles. The second-order valence-electron chi connectivity index (χ2n) is 3.39. The molecule has 0 saturated carbocycles. The summed E-state index contributed by atoms with van der Waals surface area (Å²) in [4.78, 5) is 0. The van der Waals surface area contributed by atoms with Crippen LogP contribution in [0.3, 0.4) is 0 Å². The smallest absolute Gasteiger partial charge is 0.0698 e. The minimum absolute atomic E-state index is 0.0278. The molecule has 0 amide bonds. The van der Waals surface area contributed by atoms with Gasteiger partial charge in [-0.25, -0.2) is 0 Å². The quantitative estimate of drug-likeness (QED) is 0.325. The summed E-state index contributed by atoms with van der Waals surface area (Å²) in [7, 11) is 0. The van der Waals surface area contributed by atoms with E-state index >= 15 is 0 Å². The van der Waals surface area contributed by atoms with Crippen molar-refractivity contribution in [2.75, 3.05) is 46.2 Å². The van der Waals surface area contributed by atoms with Crippen LogP contribution < -0.4 is 0 Å². The number of hydrogen-bond acceptors (Lipinski definition) is 6. The largest absolute Gasteiger partial charge is 0.396 e. The first-order valence-corrected chi connectivity index (χ1v) is 5.28. The summed E-state index contributed by atoms with van der Waals surface area (Å²) >= 11 is 0. The van der Waals surface area contributed by atoms with Gasteiger partial charge in [-0.1, -0.05) is 6.92 Å². The average Bonchev–Trinajstić information content (AvgIpc) is 2.34. The fourth-order valence-electron chi connectivity index (χ4n) is 0.717. The minimum Gasteiger partial charge on any atom is -0.396 e. The maximum atomic E-state index is 8.66. The molecule has 6 heteroatoms. The Hall–Kier alpha value is -0.240. The van der Waals surface area contributed by atoms with E-state index in [9.17, 15) is 0 Å². The first-order valence-electron chi connectivity index (χ1n) is 5.28. The Morgan fingerprint density at radius 2 is 1.19 bits per heavy atom. The molecular weight excluding hydrogens is 216 g/mol. The first kappa shape index (κ1) is 18.1. The monoisotopic (exact) mass is 240 g/mol. The number of ether oxygens (including phenoxy) is 1. The molecule has 0 spiro atoms. The standard InChI is InChI=1S/C6H14O3.C4H10O3/c1-2-6(3-7,4-8)5-9;5-1-3-7-4-2-6/h7-9H,2-5H2,1H3;5-6H,1-4H2. The molecule has 0 aromatic heterocycles. The summed E-state index contributed by atoms with van der Waals surface area (Å²) in [5.74, 6) is 0. The van der Waals surface area contributed by atoms with E-state index in [-0.39, 0.29) is 33.0 Å². The number of rotatable bonds is 8. The zero-order valence-corrected chi connectivity index (χ0v) is 9.80. The molecule has 0 saturated heterocycles. The Morgan fingerprint density at radius 3 is 1.31 bits per heavy atom. The molecule has 16 heavy (non-hydrogen) atoms. The van der Waals surface area contributed by atoms with Crippen molar-refractivity contribution in [1.82, 2.24) is 0 Å². The van der Waals surface area contributed by atoms with E-state index in [0.29, 0.717) is 19.6 Å². The van der Waals surface area contributed by atoms with Crippen LogP contribution in [0.5, 0.6) is 0 Å². The van der Waals surface area contributed by atoms with Gasteiger partial charge in [0.2, 0.25) is 0 Å². The van der Waals surface area contributed by atoms with Crippen LogP contribution in [-0.4, -0.2) is 71.8 Å². The van der Waals surface area contributed by atoms with Crippen LogP contribution in [0.2, 0.25) is 0 Å². The lowest BCUT2D eigenvalue weighted by Gasteiger charge is -2.24. The van der Waals surface area contributed by atoms with Gasteiger partial charge < -0.3 is 30.3 Å². The molecule has 5 N–H and O–H groups in total. The first-order chi connectivity index (χ1) is 7.66. The van der Waals surface area contributed by atoms with Gasteiger partial charge in [0.05, 0.1) is 46.2 Å². The topological polar surface area (TPSA) is 110 Å². The van der Waals surface area contributed by atoms with Crippen molar-refractivity contribution in [1.29, 1.82) is 0 Å². The van der Waals surface area contributed by atoms with Crippen LogP contribution in [0.15, 0.2) is 0 Å². The molecule has 0 bridgehead atoms. The van der Waals surface area contributed by atoms with Crippen molar-refractivity contribution in [3.63, 3.8) is 0 Å². The molecule has 100 valence electrons. The van der Waals surface area contributed by atoms with E-state index in [1.54, 1.807) is 0 Å². The van der Waals surface area contributed by atoms with Gasteiger partial charge in [-0.3, -0.25) is 0 Å². The van der Waals surface area contributed by atoms with Gasteiger partial charge in [-0.05, 0) is 6.42 Å². The molecule has 0 atom stereocenters. The molecule has 6 nitrogen and oxygen atoms in total. The number of aliphatic hydroxyl groups excluding tert-OH is 5. The maximum Gasteiger partial charge on any atom is 0.0698 e. The third-order valence-electron chi connectivity index (χ3n) is 2.23. The molecule has 0 fully saturated rings. The molecule has 0 aliphatic heterocycles. The highest BCUT2D eigenvalue weighted by Gasteiger charge is 2.24. The summed E-state index contributed by atoms with van der Waals surface area (Å²) in [5, 5.41) is 42.1. The molecule has 0 heterocycles. The fourth-order valence-corrected chi connectivity index (χ4v) is 0.717. The SMILES string of the molecule is CCC(CO)(CO)CO.OCCOCCO. The van der Waals surface area contributed by atoms with Crippen molar-refractivity contribution in [2.24, 2.45) is 5.41 Å². The summed E-state index contributed by atoms with van der Waals surface area (Å²) in [6.07, 6.45) is 0.594. The summed E-state index contributed by atoms with van der Waals surface area (Å²) in [5.41, 5.74) is -0.667. The molecule has 0 aromatic rings. The second-order valence-corrected chi connectivity index (χ2v) is 3.39. The molecular formula is C10H24O6. The van der Waals surface area contributed by atoms with Gasteiger partial charge in [-0.2, -0.15) is 0 Å². The van der Waals surface area contributed by atoms with E-state index in [2.05, 4.69) is 4.74 Å². The van der Waals surface area contributed by atoms with Crippen LogP contribution in [-0.2, 0) is 4.74 Å². The zero-order valence-electron chi connectivity index (χ0n) is 9.80. The summed E-state index contributed by atoms with van der Waals surface area (Å²) in [6.45, 7) is 2.05. The van der Waals surface area contributed by atoms with Gasteiger partial charge in [0.15, 0.2) is 0 Å². The highest BCUT2D eigenvalue weighted by atomic mass is 16.5. The minimum atomic E-state index is -0.667. The summed E-state index contributed by atoms with van der Waals surface area (Å²) in [6, 6.07) is 0. The Morgan fingerprint density at radius 1 is 0.812 bits per heavy atom. The van der Waals surface area contributed by atoms with Gasteiger partial charge >= 0.3 is 0 Å². The van der Waals surface area contributed by atoms with Crippen LogP contribution in [0.1, 0.15) is 13.3 Å². The zero-order chi connectivity index (χ0) is 12.9. The third-order valence-corrected chi connectivity index (χ3v) is 2.23. The van der Waals surface area contributed by atoms with E-state index in [4.69, 9.17) is 25.5 Å². The predicted octanol–water partition coefficient (Wildman–Crippen LogP) is -1.65. The lowest BCUT2D eigenvalue weighted by atomic mass is 9.88. The molecule has 0 rings (SSSR count). The lowest BCUT2D eigenvalue weighted by molar-refractivity contribution is 0.00304. The Kier molecular flexibility index (Phi) is 14.5. The molecule has 0 aliphatic carbocycles. The fraction of sp³-hybridized carbons (Fsp3) is 1.00. The van der Waals surface area contributed by atoms with Crippen molar-refractivity contribution in [2.45, 2.75) is 13.3 Å². The molecule has 0 radical (unpaired) electrons. The van der Waals surface area contributed by atoms with E-state index < -0.39 is 5.41 Å². The molecule has 0 aliphatic rings. The van der Waals surface area contributed by atoms with Crippen molar-refractivity contribution >= 4 is 0 Å². The van der Waals surface area contributed by atoms with Crippen LogP contribution in [0.4, 0.5) is 0 Å². The van der Waals surface area contributed by atoms with Gasteiger partial charge in [-0.15, -0.1) is 0 Å². The Balaban J connectivity index is 0. The highest BCUT2D eigenvalue weighted by Crippen LogP contribution is 2.18. The third kappa shape index (κ3) is 9.02. The maximum absolute atomic E-state index is 8.66. The predicted molar refractivity (Wildman–Crippen MR) is 59.0 cm³/mol. The average molecular weight is 240 g/mol. The number of aliphatic hydroxyl groups is 5.